The Balaban J connectivity index is 2.94. The van der Waals surface area contributed by atoms with Gasteiger partial charge in [-0.2, -0.15) is 13.2 Å². The van der Waals surface area contributed by atoms with Crippen molar-refractivity contribution in [2.45, 2.75) is 37.9 Å². The van der Waals surface area contributed by atoms with Gasteiger partial charge in [0, 0.05) is 11.6 Å². The van der Waals surface area contributed by atoms with E-state index < -0.39 is 33.5 Å². The van der Waals surface area contributed by atoms with Crippen molar-refractivity contribution in [2.75, 3.05) is 6.54 Å². The third kappa shape index (κ3) is 6.19. The first-order valence-corrected chi connectivity index (χ1v) is 8.38. The van der Waals surface area contributed by atoms with Gasteiger partial charge in [-0.15, -0.1) is 0 Å². The van der Waals surface area contributed by atoms with Gasteiger partial charge in [0.1, 0.15) is 6.54 Å². The van der Waals surface area contributed by atoms with Gasteiger partial charge in [-0.3, -0.25) is 4.79 Å². The van der Waals surface area contributed by atoms with Crippen LogP contribution in [0, 0.1) is 5.92 Å². The van der Waals surface area contributed by atoms with E-state index in [1.54, 1.807) is 6.92 Å². The molecular weight excluding hydrogens is 333 g/mol. The molecule has 0 aliphatic rings. The Bertz CT molecular complexity index is 657. The Kier molecular flexibility index (Phi) is 6.18. The van der Waals surface area contributed by atoms with Crippen molar-refractivity contribution in [2.24, 2.45) is 5.92 Å². The summed E-state index contributed by atoms with van der Waals surface area (Å²) in [6, 6.07) is 4.73. The molecule has 0 heterocycles. The van der Waals surface area contributed by atoms with Crippen LogP contribution >= 0.6 is 0 Å². The average molecular weight is 352 g/mol. The van der Waals surface area contributed by atoms with E-state index in [9.17, 15) is 26.4 Å². The number of nitrogens with one attached hydrogen (secondary N) is 2. The smallest absolute Gasteiger partial charge is 0.349 e. The lowest BCUT2D eigenvalue weighted by Gasteiger charge is -2.17. The fraction of sp³-hybridized carbons (Fsp3) is 0.500. The lowest BCUT2D eigenvalue weighted by Crippen LogP contribution is -2.36. The molecule has 2 N–H and O–H groups in total. The molecule has 0 aromatic heterocycles. The number of benzene rings is 1. The number of halogens is 3. The minimum absolute atomic E-state index is 0.0624. The van der Waals surface area contributed by atoms with Gasteiger partial charge in [0.2, 0.25) is 10.0 Å². The molecule has 0 aliphatic carbocycles. The first kappa shape index (κ1) is 19.4. The van der Waals surface area contributed by atoms with Crippen LogP contribution in [0.4, 0.5) is 13.2 Å². The Morgan fingerprint density at radius 3 is 2.35 bits per heavy atom. The van der Waals surface area contributed by atoms with Gasteiger partial charge < -0.3 is 5.32 Å². The zero-order valence-corrected chi connectivity index (χ0v) is 13.8. The molecule has 0 bridgehead atoms. The van der Waals surface area contributed by atoms with Crippen LogP contribution in [-0.2, 0) is 10.0 Å². The van der Waals surface area contributed by atoms with E-state index in [2.05, 4.69) is 5.32 Å². The van der Waals surface area contributed by atoms with E-state index in [-0.39, 0.29) is 17.5 Å². The minimum atomic E-state index is -4.66. The SMILES string of the molecule is CC(C)C(C)NC(=O)c1cccc(S(=O)(=O)NCC(F)(F)F)c1. The summed E-state index contributed by atoms with van der Waals surface area (Å²) >= 11 is 0. The van der Waals surface area contributed by atoms with Crippen LogP contribution in [0.1, 0.15) is 31.1 Å². The monoisotopic (exact) mass is 352 g/mol. The van der Waals surface area contributed by atoms with Crippen molar-refractivity contribution in [1.82, 2.24) is 10.0 Å². The van der Waals surface area contributed by atoms with Crippen molar-refractivity contribution >= 4 is 15.9 Å². The van der Waals surface area contributed by atoms with Crippen molar-refractivity contribution in [3.05, 3.63) is 29.8 Å². The molecule has 1 amide bonds. The number of carbonyl (C=O) groups is 1. The van der Waals surface area contributed by atoms with Crippen molar-refractivity contribution < 1.29 is 26.4 Å². The van der Waals surface area contributed by atoms with Crippen LogP contribution in [0.25, 0.3) is 0 Å². The molecule has 1 aromatic carbocycles. The van der Waals surface area contributed by atoms with Crippen molar-refractivity contribution in [3.63, 3.8) is 0 Å². The fourth-order valence-electron chi connectivity index (χ4n) is 1.52. The summed E-state index contributed by atoms with van der Waals surface area (Å²) in [6.45, 7) is 3.95. The van der Waals surface area contributed by atoms with E-state index in [0.717, 1.165) is 12.1 Å². The topological polar surface area (TPSA) is 75.3 Å². The van der Waals surface area contributed by atoms with Crippen LogP contribution in [-0.4, -0.2) is 33.1 Å². The third-order valence-electron chi connectivity index (χ3n) is 3.23. The summed E-state index contributed by atoms with van der Waals surface area (Å²) in [7, 11) is -4.34. The van der Waals surface area contributed by atoms with Gasteiger partial charge in [-0.05, 0) is 31.0 Å². The molecule has 1 rings (SSSR count). The van der Waals surface area contributed by atoms with Crippen LogP contribution in [0.15, 0.2) is 29.2 Å². The number of alkyl halides is 3. The Labute approximate surface area is 133 Å². The lowest BCUT2D eigenvalue weighted by atomic mass is 10.1. The van der Waals surface area contributed by atoms with Gasteiger partial charge in [0.25, 0.3) is 5.91 Å². The molecule has 9 heteroatoms. The molecule has 0 spiro atoms. The summed E-state index contributed by atoms with van der Waals surface area (Å²) in [5, 5.41) is 2.70. The number of rotatable bonds is 6. The minimum Gasteiger partial charge on any atom is -0.349 e. The lowest BCUT2D eigenvalue weighted by molar-refractivity contribution is -0.121. The summed E-state index contributed by atoms with van der Waals surface area (Å²) in [5.74, 6) is -0.307. The number of carbonyl (C=O) groups excluding carboxylic acids is 1. The molecule has 1 aromatic rings. The standard InChI is InChI=1S/C14H19F3N2O3S/c1-9(2)10(3)19-13(20)11-5-4-6-12(7-11)23(21,22)18-8-14(15,16)17/h4-7,9-10,18H,8H2,1-3H3,(H,19,20). The van der Waals surface area contributed by atoms with Crippen molar-refractivity contribution in [1.29, 1.82) is 0 Å². The second-order valence-corrected chi connectivity index (χ2v) is 7.24. The molecule has 0 aliphatic heterocycles. The molecule has 23 heavy (non-hydrogen) atoms. The maximum Gasteiger partial charge on any atom is 0.402 e. The molecule has 5 nitrogen and oxygen atoms in total. The zero-order valence-electron chi connectivity index (χ0n) is 12.9. The predicted molar refractivity (Wildman–Crippen MR) is 79.5 cm³/mol. The molecule has 1 unspecified atom stereocenters. The number of amides is 1. The molecular formula is C14H19F3N2O3S. The van der Waals surface area contributed by atoms with Gasteiger partial charge in [0.15, 0.2) is 0 Å². The number of sulfonamides is 1. The van der Waals surface area contributed by atoms with E-state index in [4.69, 9.17) is 0 Å². The highest BCUT2D eigenvalue weighted by Crippen LogP contribution is 2.16. The quantitative estimate of drug-likeness (QED) is 0.825. The zero-order chi connectivity index (χ0) is 17.8. The van der Waals surface area contributed by atoms with E-state index in [1.807, 2.05) is 13.8 Å². The largest absolute Gasteiger partial charge is 0.402 e. The Morgan fingerprint density at radius 2 is 1.83 bits per heavy atom. The van der Waals surface area contributed by atoms with Crippen LogP contribution < -0.4 is 10.0 Å². The van der Waals surface area contributed by atoms with E-state index >= 15 is 0 Å². The first-order valence-electron chi connectivity index (χ1n) is 6.90. The maximum atomic E-state index is 12.1. The molecule has 0 saturated carbocycles. The molecule has 0 fully saturated rings. The summed E-state index contributed by atoms with van der Waals surface area (Å²) < 4.78 is 61.6. The van der Waals surface area contributed by atoms with Crippen molar-refractivity contribution in [3.8, 4) is 0 Å². The summed E-state index contributed by atoms with van der Waals surface area (Å²) in [6.07, 6.45) is -4.66. The van der Waals surface area contributed by atoms with Crippen LogP contribution in [0.3, 0.4) is 0 Å². The maximum absolute atomic E-state index is 12.1. The highest BCUT2D eigenvalue weighted by atomic mass is 32.2. The first-order chi connectivity index (χ1) is 10.4. The molecule has 0 radical (unpaired) electrons. The van der Waals surface area contributed by atoms with E-state index in [0.29, 0.717) is 0 Å². The van der Waals surface area contributed by atoms with Crippen LogP contribution in [0.2, 0.25) is 0 Å². The molecule has 130 valence electrons. The number of hydrogen-bond acceptors (Lipinski definition) is 3. The Hall–Kier alpha value is -1.61. The highest BCUT2D eigenvalue weighted by molar-refractivity contribution is 7.89. The van der Waals surface area contributed by atoms with Gasteiger partial charge in [-0.1, -0.05) is 19.9 Å². The average Bonchev–Trinajstić information content (AvgIpc) is 2.44. The normalized spacial score (nSPS) is 13.9. The fourth-order valence-corrected chi connectivity index (χ4v) is 2.58. The van der Waals surface area contributed by atoms with Gasteiger partial charge in [0.05, 0.1) is 4.90 Å². The second-order valence-electron chi connectivity index (χ2n) is 5.47. The summed E-state index contributed by atoms with van der Waals surface area (Å²) in [5.41, 5.74) is 0.0624. The van der Waals surface area contributed by atoms with Gasteiger partial charge in [-0.25, -0.2) is 13.1 Å². The highest BCUT2D eigenvalue weighted by Gasteiger charge is 2.30. The Morgan fingerprint density at radius 1 is 1.22 bits per heavy atom. The third-order valence-corrected chi connectivity index (χ3v) is 4.63. The molecule has 1 atom stereocenters. The summed E-state index contributed by atoms with van der Waals surface area (Å²) in [4.78, 5) is 11.7. The number of hydrogen-bond donors (Lipinski definition) is 2. The van der Waals surface area contributed by atoms with Crippen LogP contribution in [0.5, 0.6) is 0 Å². The van der Waals surface area contributed by atoms with Gasteiger partial charge >= 0.3 is 6.18 Å². The second kappa shape index (κ2) is 7.31. The molecule has 0 saturated heterocycles. The van der Waals surface area contributed by atoms with E-state index in [1.165, 1.54) is 16.9 Å². The predicted octanol–water partition coefficient (Wildman–Crippen LogP) is 2.30.